The predicted octanol–water partition coefficient (Wildman–Crippen LogP) is 5.23. The largest absolute Gasteiger partial charge is 0.465 e. The van der Waals surface area contributed by atoms with Crippen molar-refractivity contribution in [1.82, 2.24) is 24.0 Å². The van der Waals surface area contributed by atoms with Gasteiger partial charge in [-0.2, -0.15) is 5.26 Å². The van der Waals surface area contributed by atoms with E-state index in [1.165, 1.54) is 4.90 Å². The van der Waals surface area contributed by atoms with E-state index < -0.39 is 19.7 Å². The van der Waals surface area contributed by atoms with Crippen LogP contribution in [0, 0.1) is 16.7 Å². The third-order valence-electron chi connectivity index (χ3n) is 6.98. The van der Waals surface area contributed by atoms with Crippen molar-refractivity contribution in [2.45, 2.75) is 71.2 Å². The second kappa shape index (κ2) is 9.37. The van der Waals surface area contributed by atoms with Gasteiger partial charge in [0.05, 0.1) is 36.3 Å². The summed E-state index contributed by atoms with van der Waals surface area (Å²) in [6.07, 6.45) is 6.72. The van der Waals surface area contributed by atoms with Crippen molar-refractivity contribution in [2.24, 2.45) is 5.41 Å². The van der Waals surface area contributed by atoms with E-state index >= 15 is 0 Å². The molecule has 1 aliphatic heterocycles. The highest BCUT2D eigenvalue weighted by atomic mass is 28.3. The Morgan fingerprint density at radius 2 is 2.03 bits per heavy atom. The molecule has 0 radical (unpaired) electrons. The maximum Gasteiger partial charge on any atom is 0.407 e. The molecule has 2 unspecified atom stereocenters. The first kappa shape index (κ1) is 25.9. The van der Waals surface area contributed by atoms with Crippen molar-refractivity contribution in [3.05, 3.63) is 37.1 Å². The Bertz CT molecular complexity index is 1300. The normalized spacial score (nSPS) is 20.4. The average Bonchev–Trinajstić information content (AvgIpc) is 3.39. The number of amides is 1. The van der Waals surface area contributed by atoms with Crippen molar-refractivity contribution in [3.63, 3.8) is 0 Å². The number of carboxylic acid groups (broad SMARTS) is 1. The van der Waals surface area contributed by atoms with Gasteiger partial charge in [0.2, 0.25) is 0 Å². The zero-order valence-electron chi connectivity index (χ0n) is 22.0. The van der Waals surface area contributed by atoms with Gasteiger partial charge in [-0.3, -0.25) is 4.90 Å². The van der Waals surface area contributed by atoms with Gasteiger partial charge in [-0.15, -0.1) is 0 Å². The highest BCUT2D eigenvalue weighted by molar-refractivity contribution is 6.76. The van der Waals surface area contributed by atoms with Crippen molar-refractivity contribution in [1.29, 1.82) is 5.26 Å². The minimum absolute atomic E-state index is 0.219. The summed E-state index contributed by atoms with van der Waals surface area (Å²) in [6.45, 7) is 14.5. The molecule has 1 aliphatic rings. The number of nitrogens with zero attached hydrogens (tertiary/aromatic N) is 6. The summed E-state index contributed by atoms with van der Waals surface area (Å²) in [4.78, 5) is 22.4. The molecule has 4 rings (SSSR count). The third-order valence-corrected chi connectivity index (χ3v) is 8.68. The SMILES string of the molecule is CC(C)(C)C1N(C(=O)O)CC1(CC#N)n1ccc(-c2ncnc3c2ccn3COCC[Si](C)(C)C)c1. The summed E-state index contributed by atoms with van der Waals surface area (Å²) in [5.41, 5.74) is 1.53. The number of nitriles is 1. The van der Waals surface area contributed by atoms with Crippen LogP contribution in [0.4, 0.5) is 4.79 Å². The van der Waals surface area contributed by atoms with Gasteiger partial charge in [0, 0.05) is 44.2 Å². The Balaban J connectivity index is 1.63. The van der Waals surface area contributed by atoms with Crippen LogP contribution in [0.1, 0.15) is 27.2 Å². The van der Waals surface area contributed by atoms with Crippen molar-refractivity contribution in [3.8, 4) is 17.3 Å². The smallest absolute Gasteiger partial charge is 0.407 e. The van der Waals surface area contributed by atoms with Gasteiger partial charge in [0.25, 0.3) is 0 Å². The Morgan fingerprint density at radius 3 is 2.67 bits per heavy atom. The highest BCUT2D eigenvalue weighted by Crippen LogP contribution is 2.48. The Labute approximate surface area is 213 Å². The van der Waals surface area contributed by atoms with E-state index in [-0.39, 0.29) is 24.4 Å². The van der Waals surface area contributed by atoms with Crippen LogP contribution in [0.15, 0.2) is 37.1 Å². The maximum atomic E-state index is 11.9. The lowest BCUT2D eigenvalue weighted by Crippen LogP contribution is -2.74. The number of hydrogen-bond acceptors (Lipinski definition) is 5. The van der Waals surface area contributed by atoms with E-state index in [0.29, 0.717) is 6.73 Å². The molecule has 2 atom stereocenters. The molecule has 36 heavy (non-hydrogen) atoms. The van der Waals surface area contributed by atoms with E-state index in [1.54, 1.807) is 6.33 Å². The van der Waals surface area contributed by atoms with Crippen LogP contribution in [-0.2, 0) is 17.0 Å². The standard InChI is InChI=1S/C26H36N6O3Si/c1-25(2,3)23-26(9-10-27,16-32(23)24(33)34)31-12-7-19(15-31)21-20-8-11-30(22(20)29-17-28-21)18-35-13-14-36(4,5)6/h7-8,11-12,15,17,23H,9,13-14,16,18H2,1-6H3,(H,33,34). The van der Waals surface area contributed by atoms with Crippen LogP contribution in [0.5, 0.6) is 0 Å². The summed E-state index contributed by atoms with van der Waals surface area (Å²) in [5.74, 6) is 0. The second-order valence-corrected chi connectivity index (χ2v) is 17.6. The van der Waals surface area contributed by atoms with Gasteiger partial charge >= 0.3 is 6.09 Å². The van der Waals surface area contributed by atoms with Crippen LogP contribution >= 0.6 is 0 Å². The van der Waals surface area contributed by atoms with E-state index in [1.807, 2.05) is 60.6 Å². The molecule has 0 spiro atoms. The molecule has 192 valence electrons. The third kappa shape index (κ3) is 4.77. The van der Waals surface area contributed by atoms with Gasteiger partial charge in [-0.1, -0.05) is 40.4 Å². The molecule has 1 fully saturated rings. The molecule has 1 amide bonds. The lowest BCUT2D eigenvalue weighted by atomic mass is 9.65. The van der Waals surface area contributed by atoms with Gasteiger partial charge in [-0.05, 0) is 23.6 Å². The minimum atomic E-state index is -1.15. The number of ether oxygens (including phenoxy) is 1. The fourth-order valence-corrected chi connectivity index (χ4v) is 6.16. The first-order valence-electron chi connectivity index (χ1n) is 12.3. The van der Waals surface area contributed by atoms with Crippen molar-refractivity contribution < 1.29 is 14.6 Å². The van der Waals surface area contributed by atoms with Crippen molar-refractivity contribution >= 4 is 25.2 Å². The number of fused-ring (bicyclic) bond motifs is 1. The van der Waals surface area contributed by atoms with Crippen LogP contribution < -0.4 is 0 Å². The van der Waals surface area contributed by atoms with Crippen LogP contribution in [0.25, 0.3) is 22.3 Å². The molecule has 3 aromatic heterocycles. The van der Waals surface area contributed by atoms with Crippen LogP contribution in [0.3, 0.4) is 0 Å². The number of rotatable bonds is 8. The lowest BCUT2D eigenvalue weighted by Gasteiger charge is -2.60. The Hall–Kier alpha value is -3.16. The molecule has 9 nitrogen and oxygen atoms in total. The summed E-state index contributed by atoms with van der Waals surface area (Å²) >= 11 is 0. The molecule has 4 heterocycles. The number of carbonyl (C=O) groups is 1. The molecular formula is C26H36N6O3Si. The maximum absolute atomic E-state index is 11.9. The van der Waals surface area contributed by atoms with Gasteiger partial charge in [0.1, 0.15) is 18.7 Å². The topological polar surface area (TPSA) is 109 Å². The first-order chi connectivity index (χ1) is 16.9. The fourth-order valence-electron chi connectivity index (χ4n) is 5.40. The average molecular weight is 509 g/mol. The summed E-state index contributed by atoms with van der Waals surface area (Å²) < 4.78 is 9.94. The summed E-state index contributed by atoms with van der Waals surface area (Å²) in [6, 6.07) is 7.06. The molecule has 1 N–H and O–H groups in total. The quantitative estimate of drug-likeness (QED) is 0.330. The van der Waals surface area contributed by atoms with Gasteiger partial charge in [0.15, 0.2) is 0 Å². The Morgan fingerprint density at radius 1 is 1.28 bits per heavy atom. The zero-order valence-corrected chi connectivity index (χ0v) is 23.0. The summed E-state index contributed by atoms with van der Waals surface area (Å²) in [7, 11) is -1.15. The van der Waals surface area contributed by atoms with Gasteiger partial charge in [-0.25, -0.2) is 14.8 Å². The number of hydrogen-bond donors (Lipinski definition) is 1. The molecule has 0 bridgehead atoms. The van der Waals surface area contributed by atoms with Crippen LogP contribution in [-0.4, -0.2) is 62.5 Å². The first-order valence-corrected chi connectivity index (χ1v) is 16.0. The Kier molecular flexibility index (Phi) is 6.75. The molecule has 10 heteroatoms. The number of likely N-dealkylation sites (tertiary alicyclic amines) is 1. The molecular weight excluding hydrogens is 472 g/mol. The van der Waals surface area contributed by atoms with Crippen molar-refractivity contribution in [2.75, 3.05) is 13.2 Å². The van der Waals surface area contributed by atoms with Gasteiger partial charge < -0.3 is 19.0 Å². The molecule has 0 saturated carbocycles. The monoisotopic (exact) mass is 508 g/mol. The molecule has 0 aliphatic carbocycles. The van der Waals surface area contributed by atoms with E-state index in [2.05, 4.69) is 35.7 Å². The fraction of sp³-hybridized carbons (Fsp3) is 0.538. The minimum Gasteiger partial charge on any atom is -0.465 e. The summed E-state index contributed by atoms with van der Waals surface area (Å²) in [5, 5.41) is 20.3. The van der Waals surface area contributed by atoms with E-state index in [4.69, 9.17) is 4.74 Å². The van der Waals surface area contributed by atoms with E-state index in [9.17, 15) is 15.2 Å². The molecule has 3 aromatic rings. The van der Waals surface area contributed by atoms with Crippen LogP contribution in [0.2, 0.25) is 25.7 Å². The molecule has 1 saturated heterocycles. The van der Waals surface area contributed by atoms with E-state index in [0.717, 1.165) is 34.9 Å². The second-order valence-electron chi connectivity index (χ2n) is 12.0. The predicted molar refractivity (Wildman–Crippen MR) is 141 cm³/mol. The highest BCUT2D eigenvalue weighted by Gasteiger charge is 2.60. The number of aromatic nitrogens is 4. The zero-order chi connectivity index (χ0) is 26.3. The molecule has 0 aromatic carbocycles. The lowest BCUT2D eigenvalue weighted by molar-refractivity contribution is -0.0940.